The first-order valence-corrected chi connectivity index (χ1v) is 14.6. The lowest BCUT2D eigenvalue weighted by Gasteiger charge is -2.43. The SMILES string of the molecule is CC1C(O)CC(O)C(C(=O)N2CC3CCC(NC(=O)/C=C/CN(C)C)CC3C2)C1OCC1CCCCC1. The minimum atomic E-state index is -0.890. The molecule has 0 aromatic heterocycles. The summed E-state index contributed by atoms with van der Waals surface area (Å²) in [6.45, 7) is 4.67. The first-order chi connectivity index (χ1) is 17.7. The number of fused-ring (bicyclic) bond motifs is 1. The van der Waals surface area contributed by atoms with Gasteiger partial charge in [-0.2, -0.15) is 0 Å². The molecule has 3 saturated carbocycles. The van der Waals surface area contributed by atoms with Gasteiger partial charge < -0.3 is 30.1 Å². The smallest absolute Gasteiger partial charge is 0.243 e. The molecule has 0 bridgehead atoms. The second kappa shape index (κ2) is 13.0. The van der Waals surface area contributed by atoms with Gasteiger partial charge in [0.05, 0.1) is 24.2 Å². The second-order valence-corrected chi connectivity index (χ2v) is 12.5. The summed E-state index contributed by atoms with van der Waals surface area (Å²) in [5.74, 6) is 0.414. The topological polar surface area (TPSA) is 102 Å². The van der Waals surface area contributed by atoms with Crippen molar-refractivity contribution in [3.05, 3.63) is 12.2 Å². The molecule has 3 aliphatic carbocycles. The van der Waals surface area contributed by atoms with Crippen molar-refractivity contribution in [1.82, 2.24) is 15.1 Å². The van der Waals surface area contributed by atoms with E-state index in [-0.39, 0.29) is 30.2 Å². The molecule has 3 N–H and O–H groups in total. The highest BCUT2D eigenvalue weighted by molar-refractivity contribution is 5.87. The summed E-state index contributed by atoms with van der Waals surface area (Å²) < 4.78 is 6.37. The number of nitrogens with zero attached hydrogens (tertiary/aromatic N) is 2. The van der Waals surface area contributed by atoms with Crippen LogP contribution < -0.4 is 5.32 Å². The van der Waals surface area contributed by atoms with Crippen molar-refractivity contribution in [2.75, 3.05) is 40.3 Å². The lowest BCUT2D eigenvalue weighted by atomic mass is 9.75. The molecular formula is C29H49N3O5. The largest absolute Gasteiger partial charge is 0.393 e. The Morgan fingerprint density at radius 2 is 1.73 bits per heavy atom. The zero-order valence-corrected chi connectivity index (χ0v) is 23.1. The van der Waals surface area contributed by atoms with Gasteiger partial charge in [0.15, 0.2) is 0 Å². The van der Waals surface area contributed by atoms with Gasteiger partial charge in [-0.3, -0.25) is 9.59 Å². The molecule has 0 aromatic rings. The number of carbonyl (C=O) groups excluding carboxylic acids is 2. The zero-order chi connectivity index (χ0) is 26.5. The fourth-order valence-electron chi connectivity index (χ4n) is 7.11. The third kappa shape index (κ3) is 7.34. The Labute approximate surface area is 222 Å². The average molecular weight is 520 g/mol. The van der Waals surface area contributed by atoms with E-state index in [1.165, 1.54) is 19.3 Å². The van der Waals surface area contributed by atoms with E-state index in [0.717, 1.165) is 38.6 Å². The van der Waals surface area contributed by atoms with Gasteiger partial charge in [-0.05, 0) is 64.0 Å². The number of nitrogens with one attached hydrogen (secondary N) is 1. The number of likely N-dealkylation sites (tertiary alicyclic amines) is 1. The van der Waals surface area contributed by atoms with E-state index >= 15 is 0 Å². The van der Waals surface area contributed by atoms with Gasteiger partial charge in [0.2, 0.25) is 11.8 Å². The van der Waals surface area contributed by atoms with Gasteiger partial charge in [0, 0.05) is 50.7 Å². The van der Waals surface area contributed by atoms with E-state index in [1.807, 2.05) is 36.9 Å². The number of rotatable bonds is 8. The summed E-state index contributed by atoms with van der Waals surface area (Å²) in [7, 11) is 3.94. The highest BCUT2D eigenvalue weighted by Gasteiger charge is 2.49. The Hall–Kier alpha value is -1.48. The van der Waals surface area contributed by atoms with Crippen LogP contribution in [0, 0.1) is 29.6 Å². The van der Waals surface area contributed by atoms with E-state index in [2.05, 4.69) is 5.32 Å². The third-order valence-electron chi connectivity index (χ3n) is 9.36. The maximum atomic E-state index is 13.8. The number of hydrogen-bond donors (Lipinski definition) is 3. The molecule has 0 aromatic carbocycles. The number of hydrogen-bond acceptors (Lipinski definition) is 6. The van der Waals surface area contributed by atoms with Crippen molar-refractivity contribution in [3.8, 4) is 0 Å². The van der Waals surface area contributed by atoms with Crippen LogP contribution in [0.5, 0.6) is 0 Å². The van der Waals surface area contributed by atoms with Crippen LogP contribution in [0.3, 0.4) is 0 Å². The van der Waals surface area contributed by atoms with Gasteiger partial charge in [-0.1, -0.05) is 32.3 Å². The quantitative estimate of drug-likeness (QED) is 0.425. The highest BCUT2D eigenvalue weighted by Crippen LogP contribution is 2.40. The summed E-state index contributed by atoms with van der Waals surface area (Å²) in [6.07, 6.45) is 10.5. The number of amides is 2. The molecule has 1 saturated heterocycles. The van der Waals surface area contributed by atoms with E-state index < -0.39 is 24.2 Å². The maximum absolute atomic E-state index is 13.8. The Balaban J connectivity index is 1.34. The molecule has 210 valence electrons. The van der Waals surface area contributed by atoms with Crippen LogP contribution in [0.1, 0.15) is 64.7 Å². The molecule has 8 atom stereocenters. The van der Waals surface area contributed by atoms with E-state index in [9.17, 15) is 19.8 Å². The summed E-state index contributed by atoms with van der Waals surface area (Å²) in [4.78, 5) is 30.1. The van der Waals surface area contributed by atoms with Crippen LogP contribution in [-0.4, -0.2) is 96.5 Å². The number of aliphatic hydroxyl groups is 2. The Bertz CT molecular complexity index is 798. The Morgan fingerprint density at radius 3 is 2.46 bits per heavy atom. The number of aliphatic hydroxyl groups excluding tert-OH is 2. The van der Waals surface area contributed by atoms with Gasteiger partial charge in [-0.25, -0.2) is 0 Å². The monoisotopic (exact) mass is 519 g/mol. The molecule has 4 rings (SSSR count). The summed E-state index contributed by atoms with van der Waals surface area (Å²) in [6, 6.07) is 0.134. The highest BCUT2D eigenvalue weighted by atomic mass is 16.5. The minimum Gasteiger partial charge on any atom is -0.393 e. The van der Waals surface area contributed by atoms with Crippen LogP contribution in [0.2, 0.25) is 0 Å². The fourth-order valence-corrected chi connectivity index (χ4v) is 7.11. The fraction of sp³-hybridized carbons (Fsp3) is 0.862. The van der Waals surface area contributed by atoms with Gasteiger partial charge >= 0.3 is 0 Å². The third-order valence-corrected chi connectivity index (χ3v) is 9.36. The van der Waals surface area contributed by atoms with Crippen molar-refractivity contribution < 1.29 is 24.5 Å². The zero-order valence-electron chi connectivity index (χ0n) is 23.1. The normalized spacial score (nSPS) is 37.2. The molecule has 8 heteroatoms. The first kappa shape index (κ1) is 28.5. The van der Waals surface area contributed by atoms with Gasteiger partial charge in [0.1, 0.15) is 0 Å². The molecule has 0 spiro atoms. The average Bonchev–Trinajstić information content (AvgIpc) is 3.29. The molecular weight excluding hydrogens is 470 g/mol. The van der Waals surface area contributed by atoms with Gasteiger partial charge in [-0.15, -0.1) is 0 Å². The van der Waals surface area contributed by atoms with E-state index in [0.29, 0.717) is 37.5 Å². The molecule has 1 heterocycles. The number of ether oxygens (including phenoxy) is 1. The van der Waals surface area contributed by atoms with Crippen LogP contribution in [-0.2, 0) is 14.3 Å². The summed E-state index contributed by atoms with van der Waals surface area (Å²) in [5, 5.41) is 24.7. The minimum absolute atomic E-state index is 0.0264. The van der Waals surface area contributed by atoms with Crippen LogP contribution in [0.15, 0.2) is 12.2 Å². The van der Waals surface area contributed by atoms with Crippen molar-refractivity contribution in [2.24, 2.45) is 29.6 Å². The van der Waals surface area contributed by atoms with Crippen molar-refractivity contribution in [1.29, 1.82) is 0 Å². The molecule has 0 radical (unpaired) electrons. The summed E-state index contributed by atoms with van der Waals surface area (Å²) in [5.41, 5.74) is 0. The van der Waals surface area contributed by atoms with E-state index in [4.69, 9.17) is 4.74 Å². The predicted molar refractivity (Wildman–Crippen MR) is 143 cm³/mol. The van der Waals surface area contributed by atoms with E-state index in [1.54, 1.807) is 6.08 Å². The second-order valence-electron chi connectivity index (χ2n) is 12.5. The first-order valence-electron chi connectivity index (χ1n) is 14.6. The lowest BCUT2D eigenvalue weighted by molar-refractivity contribution is -0.169. The van der Waals surface area contributed by atoms with Crippen LogP contribution >= 0.6 is 0 Å². The standard InChI is InChI=1S/C29H49N3O5/c1-19-24(33)15-25(34)27(28(19)37-18-20-8-5-4-6-9-20)29(36)32-16-21-11-12-23(14-22(21)17-32)30-26(35)10-7-13-31(2)3/h7,10,19-25,27-28,33-34H,4-6,8-9,11-18H2,1-3H3,(H,30,35)/b10-7+. The Morgan fingerprint density at radius 1 is 1.00 bits per heavy atom. The van der Waals surface area contributed by atoms with Crippen molar-refractivity contribution >= 4 is 11.8 Å². The number of carbonyl (C=O) groups is 2. The Kier molecular flexibility index (Phi) is 10.1. The van der Waals surface area contributed by atoms with Crippen molar-refractivity contribution in [2.45, 2.75) is 89.1 Å². The van der Waals surface area contributed by atoms with Gasteiger partial charge in [0.25, 0.3) is 0 Å². The van der Waals surface area contributed by atoms with Crippen LogP contribution in [0.4, 0.5) is 0 Å². The predicted octanol–water partition coefficient (Wildman–Crippen LogP) is 2.19. The molecule has 1 aliphatic heterocycles. The molecule has 4 fully saturated rings. The number of likely N-dealkylation sites (N-methyl/N-ethyl adjacent to an activating group) is 1. The van der Waals surface area contributed by atoms with Crippen LogP contribution in [0.25, 0.3) is 0 Å². The molecule has 37 heavy (non-hydrogen) atoms. The molecule has 8 nitrogen and oxygen atoms in total. The van der Waals surface area contributed by atoms with Crippen molar-refractivity contribution in [3.63, 3.8) is 0 Å². The summed E-state index contributed by atoms with van der Waals surface area (Å²) >= 11 is 0. The molecule has 2 amide bonds. The maximum Gasteiger partial charge on any atom is 0.243 e. The lowest BCUT2D eigenvalue weighted by Crippen LogP contribution is -2.55. The molecule has 8 unspecified atom stereocenters. The molecule has 4 aliphatic rings.